The Bertz CT molecular complexity index is 501. The normalized spacial score (nSPS) is 16.6. The molecular weight excluding hydrogens is 224 g/mol. The molecule has 0 fully saturated rings. The third-order valence-electron chi connectivity index (χ3n) is 2.99. The topological polar surface area (TPSA) is 16.7 Å². The summed E-state index contributed by atoms with van der Waals surface area (Å²) in [6.45, 7) is 5.80. The molecule has 1 N–H and O–H groups in total. The first-order valence-corrected chi connectivity index (χ1v) is 6.58. The summed E-state index contributed by atoms with van der Waals surface area (Å²) in [6, 6.07) is 8.49. The average Bonchev–Trinajstić information content (AvgIpc) is 2.64. The molecule has 0 atom stereocenters. The quantitative estimate of drug-likeness (QED) is 0.795. The van der Waals surface area contributed by atoms with Crippen molar-refractivity contribution in [3.8, 4) is 0 Å². The molecule has 18 heavy (non-hydrogen) atoms. The number of hydrogen-bond donors (Lipinski definition) is 1. The van der Waals surface area contributed by atoms with Crippen molar-refractivity contribution >= 4 is 17.2 Å². The zero-order valence-corrected chi connectivity index (χ0v) is 11.7. The van der Waals surface area contributed by atoms with Crippen LogP contribution in [0.25, 0.3) is 5.57 Å². The Labute approximate surface area is 109 Å². The minimum absolute atomic E-state index is 0.694. The number of rotatable bonds is 3. The van der Waals surface area contributed by atoms with Gasteiger partial charge in [0.2, 0.25) is 5.69 Å². The number of nitrogens with one attached hydrogen (secondary N) is 1. The van der Waals surface area contributed by atoms with Crippen molar-refractivity contribution in [1.29, 1.82) is 0 Å². The number of nitrogens with zero attached hydrogens (tertiary/aromatic N) is 1. The van der Waals surface area contributed by atoms with Gasteiger partial charge in [-0.15, -0.1) is 0 Å². The van der Waals surface area contributed by atoms with E-state index in [4.69, 9.17) is 4.74 Å². The molecule has 3 heteroatoms. The molecule has 0 spiro atoms. The molecule has 1 aliphatic heterocycles. The Morgan fingerprint density at radius 2 is 1.94 bits per heavy atom. The average molecular weight is 246 g/mol. The van der Waals surface area contributed by atoms with Crippen molar-refractivity contribution in [3.05, 3.63) is 36.0 Å². The third kappa shape index (κ3) is 2.18. The highest BCUT2D eigenvalue weighted by molar-refractivity contribution is 6.20. The van der Waals surface area contributed by atoms with Gasteiger partial charge in [0, 0.05) is 6.07 Å². The zero-order chi connectivity index (χ0) is 13.1. The first kappa shape index (κ1) is 12.8. The second-order valence-electron chi connectivity index (χ2n) is 4.63. The van der Waals surface area contributed by atoms with Gasteiger partial charge < -0.3 is 9.64 Å². The van der Waals surface area contributed by atoms with Gasteiger partial charge in [0.25, 0.3) is 0 Å². The van der Waals surface area contributed by atoms with Crippen molar-refractivity contribution < 1.29 is 14.2 Å². The van der Waals surface area contributed by atoms with E-state index < -0.39 is 0 Å². The molecule has 2 rings (SSSR count). The van der Waals surface area contributed by atoms with E-state index in [9.17, 15) is 0 Å². The van der Waals surface area contributed by atoms with E-state index in [1.165, 1.54) is 21.7 Å². The smallest absolute Gasteiger partial charge is 0.382 e. The minimum Gasteiger partial charge on any atom is -0.444 e. The largest absolute Gasteiger partial charge is 0.444 e. The van der Waals surface area contributed by atoms with Crippen molar-refractivity contribution in [2.75, 3.05) is 27.2 Å². The molecule has 0 aromatic heterocycles. The van der Waals surface area contributed by atoms with E-state index in [-0.39, 0.29) is 0 Å². The van der Waals surface area contributed by atoms with Crippen molar-refractivity contribution in [1.82, 2.24) is 0 Å². The summed E-state index contributed by atoms with van der Waals surface area (Å²) in [5, 5.41) is 0. The van der Waals surface area contributed by atoms with Crippen LogP contribution in [0.5, 0.6) is 0 Å². The van der Waals surface area contributed by atoms with Gasteiger partial charge in [-0.2, -0.15) is 4.58 Å². The van der Waals surface area contributed by atoms with Gasteiger partial charge in [-0.3, -0.25) is 0 Å². The van der Waals surface area contributed by atoms with Crippen molar-refractivity contribution in [3.63, 3.8) is 0 Å². The highest BCUT2D eigenvalue weighted by Crippen LogP contribution is 2.33. The van der Waals surface area contributed by atoms with Crippen molar-refractivity contribution in [2.45, 2.75) is 13.8 Å². The molecule has 0 saturated carbocycles. The van der Waals surface area contributed by atoms with Crippen LogP contribution in [0.3, 0.4) is 0 Å². The first-order chi connectivity index (χ1) is 8.69. The summed E-state index contributed by atoms with van der Waals surface area (Å²) < 4.78 is 8.11. The number of para-hydroxylation sites is 1. The fourth-order valence-corrected chi connectivity index (χ4v) is 2.34. The molecule has 0 amide bonds. The molecule has 1 aliphatic rings. The SMILES string of the molecule is CCOC1=[N+](CC)c2ccccc2/C1=C\[NH+](C)C. The molecule has 0 saturated heterocycles. The lowest BCUT2D eigenvalue weighted by atomic mass is 10.1. The third-order valence-corrected chi connectivity index (χ3v) is 2.99. The van der Waals surface area contributed by atoms with Crippen LogP contribution >= 0.6 is 0 Å². The molecule has 0 radical (unpaired) electrons. The molecule has 1 aromatic carbocycles. The number of ether oxygens (including phenoxy) is 1. The molecule has 1 heterocycles. The van der Waals surface area contributed by atoms with Gasteiger partial charge in [0.15, 0.2) is 5.57 Å². The van der Waals surface area contributed by atoms with Gasteiger partial charge in [-0.25, -0.2) is 0 Å². The lowest BCUT2D eigenvalue weighted by Crippen LogP contribution is -3.00. The standard InChI is InChI=1S/C15H21N2O/c1-5-17-14-10-8-7-9-12(14)13(11-16(3)4)15(17)18-6-2/h7-11H,5-6H2,1-4H3/q+1/p+1. The predicted molar refractivity (Wildman–Crippen MR) is 74.3 cm³/mol. The number of benzene rings is 1. The second kappa shape index (κ2) is 5.36. The van der Waals surface area contributed by atoms with Crippen molar-refractivity contribution in [2.24, 2.45) is 0 Å². The van der Waals surface area contributed by atoms with Gasteiger partial charge in [0.1, 0.15) is 12.7 Å². The monoisotopic (exact) mass is 246 g/mol. The lowest BCUT2D eigenvalue weighted by molar-refractivity contribution is -0.800. The molecule has 0 bridgehead atoms. The van der Waals surface area contributed by atoms with E-state index in [0.717, 1.165) is 12.4 Å². The van der Waals surface area contributed by atoms with E-state index in [1.807, 2.05) is 6.92 Å². The summed E-state index contributed by atoms with van der Waals surface area (Å²) >= 11 is 0. The van der Waals surface area contributed by atoms with Crippen LogP contribution in [-0.2, 0) is 4.74 Å². The number of quaternary nitrogens is 1. The Kier molecular flexibility index (Phi) is 3.82. The van der Waals surface area contributed by atoms with Crippen LogP contribution < -0.4 is 4.90 Å². The zero-order valence-electron chi connectivity index (χ0n) is 11.7. The summed E-state index contributed by atoms with van der Waals surface area (Å²) in [7, 11) is 4.24. The maximum absolute atomic E-state index is 5.86. The summed E-state index contributed by atoms with van der Waals surface area (Å²) in [4.78, 5) is 1.29. The maximum atomic E-state index is 5.86. The highest BCUT2D eigenvalue weighted by atomic mass is 16.5. The van der Waals surface area contributed by atoms with E-state index in [1.54, 1.807) is 0 Å². The van der Waals surface area contributed by atoms with E-state index in [0.29, 0.717) is 6.61 Å². The Morgan fingerprint density at radius 1 is 1.22 bits per heavy atom. The van der Waals surface area contributed by atoms with Crippen LogP contribution in [0.15, 0.2) is 30.5 Å². The molecule has 96 valence electrons. The molecular formula is C15H22N2O+2. The Hall–Kier alpha value is -1.61. The van der Waals surface area contributed by atoms with Gasteiger partial charge in [-0.1, -0.05) is 12.1 Å². The number of hydrogen-bond acceptors (Lipinski definition) is 1. The fraction of sp³-hybridized carbons (Fsp3) is 0.400. The molecule has 1 aromatic rings. The maximum Gasteiger partial charge on any atom is 0.382 e. The molecule has 0 unspecified atom stereocenters. The lowest BCUT2D eigenvalue weighted by Gasteiger charge is -2.03. The van der Waals surface area contributed by atoms with E-state index >= 15 is 0 Å². The summed E-state index contributed by atoms with van der Waals surface area (Å²) in [5.41, 5.74) is 3.72. The van der Waals surface area contributed by atoms with E-state index in [2.05, 4.69) is 56.1 Å². The molecule has 0 aliphatic carbocycles. The van der Waals surface area contributed by atoms with Gasteiger partial charge in [-0.05, 0) is 19.9 Å². The summed E-state index contributed by atoms with van der Waals surface area (Å²) in [6.07, 6.45) is 2.21. The minimum atomic E-state index is 0.694. The number of fused-ring (bicyclic) bond motifs is 1. The summed E-state index contributed by atoms with van der Waals surface area (Å²) in [5.74, 6) is 0.988. The second-order valence-corrected chi connectivity index (χ2v) is 4.63. The van der Waals surface area contributed by atoms with Gasteiger partial charge >= 0.3 is 5.90 Å². The predicted octanol–water partition coefficient (Wildman–Crippen LogP) is 1.28. The Morgan fingerprint density at radius 3 is 2.56 bits per heavy atom. The van der Waals surface area contributed by atoms with Gasteiger partial charge in [0.05, 0.1) is 26.3 Å². The van der Waals surface area contributed by atoms with Crippen LogP contribution in [0.2, 0.25) is 0 Å². The Balaban J connectivity index is 2.59. The fourth-order valence-electron chi connectivity index (χ4n) is 2.34. The highest BCUT2D eigenvalue weighted by Gasteiger charge is 2.36. The van der Waals surface area contributed by atoms with Crippen LogP contribution in [0.1, 0.15) is 19.4 Å². The van der Waals surface area contributed by atoms with Crippen LogP contribution in [0, 0.1) is 0 Å². The van der Waals surface area contributed by atoms with Crippen LogP contribution in [-0.4, -0.2) is 37.7 Å². The van der Waals surface area contributed by atoms with Crippen LogP contribution in [0.4, 0.5) is 5.69 Å². The first-order valence-electron chi connectivity index (χ1n) is 6.58. The molecule has 3 nitrogen and oxygen atoms in total.